The molecule has 0 radical (unpaired) electrons. The van der Waals surface area contributed by atoms with Gasteiger partial charge in [0.05, 0.1) is 35.5 Å². The highest BCUT2D eigenvalue weighted by molar-refractivity contribution is 6.04. The Labute approximate surface area is 164 Å². The van der Waals surface area contributed by atoms with Crippen LogP contribution in [0, 0.1) is 0 Å². The zero-order valence-electron chi connectivity index (χ0n) is 16.6. The molecule has 2 aromatic rings. The lowest BCUT2D eigenvalue weighted by Crippen LogP contribution is -1.95. The van der Waals surface area contributed by atoms with Crippen molar-refractivity contribution in [3.05, 3.63) is 53.6 Å². The van der Waals surface area contributed by atoms with Gasteiger partial charge in [-0.05, 0) is 47.5 Å². The van der Waals surface area contributed by atoms with Gasteiger partial charge < -0.3 is 23.7 Å². The molecule has 6 heteroatoms. The van der Waals surface area contributed by atoms with Crippen LogP contribution in [0.4, 0.5) is 0 Å². The SMILES string of the molecule is COc1ccc(/C=C/C(=O)/C=C/c2cc(OC)c(OC)c(OC)c2)cc1OC. The van der Waals surface area contributed by atoms with Crippen LogP contribution >= 0.6 is 0 Å². The number of hydrogen-bond acceptors (Lipinski definition) is 6. The summed E-state index contributed by atoms with van der Waals surface area (Å²) in [6.07, 6.45) is 6.35. The normalized spacial score (nSPS) is 10.9. The second kappa shape index (κ2) is 10.1. The van der Waals surface area contributed by atoms with E-state index in [1.165, 1.54) is 12.2 Å². The summed E-state index contributed by atoms with van der Waals surface area (Å²) >= 11 is 0. The van der Waals surface area contributed by atoms with Crippen LogP contribution in [-0.2, 0) is 4.79 Å². The van der Waals surface area contributed by atoms with E-state index in [-0.39, 0.29) is 5.78 Å². The molecule has 0 heterocycles. The number of allylic oxidation sites excluding steroid dienone is 2. The lowest BCUT2D eigenvalue weighted by Gasteiger charge is -2.12. The summed E-state index contributed by atoms with van der Waals surface area (Å²) in [5.74, 6) is 2.62. The van der Waals surface area contributed by atoms with Crippen molar-refractivity contribution >= 4 is 17.9 Å². The minimum Gasteiger partial charge on any atom is -0.493 e. The van der Waals surface area contributed by atoms with Gasteiger partial charge in [-0.3, -0.25) is 4.79 Å². The predicted molar refractivity (Wildman–Crippen MR) is 109 cm³/mol. The quantitative estimate of drug-likeness (QED) is 0.609. The Balaban J connectivity index is 2.16. The van der Waals surface area contributed by atoms with Crippen LogP contribution in [0.3, 0.4) is 0 Å². The van der Waals surface area contributed by atoms with Crippen molar-refractivity contribution < 1.29 is 28.5 Å². The molecule has 6 nitrogen and oxygen atoms in total. The van der Waals surface area contributed by atoms with E-state index in [1.54, 1.807) is 72.0 Å². The average Bonchev–Trinajstić information content (AvgIpc) is 2.74. The molecule has 2 aromatic carbocycles. The van der Waals surface area contributed by atoms with Crippen LogP contribution in [-0.4, -0.2) is 41.3 Å². The summed E-state index contributed by atoms with van der Waals surface area (Å²) in [6, 6.07) is 8.96. The molecule has 0 unspecified atom stereocenters. The van der Waals surface area contributed by atoms with Gasteiger partial charge in [0.1, 0.15) is 0 Å². The van der Waals surface area contributed by atoms with Gasteiger partial charge in [-0.25, -0.2) is 0 Å². The number of ketones is 1. The highest BCUT2D eigenvalue weighted by Crippen LogP contribution is 2.38. The summed E-state index contributed by atoms with van der Waals surface area (Å²) in [5.41, 5.74) is 1.58. The molecule has 0 aliphatic rings. The highest BCUT2D eigenvalue weighted by Gasteiger charge is 2.12. The first-order valence-electron chi connectivity index (χ1n) is 8.48. The lowest BCUT2D eigenvalue weighted by atomic mass is 10.1. The van der Waals surface area contributed by atoms with Gasteiger partial charge in [0.2, 0.25) is 5.75 Å². The van der Waals surface area contributed by atoms with Crippen LogP contribution in [0.5, 0.6) is 28.7 Å². The molecule has 0 fully saturated rings. The molecule has 0 bridgehead atoms. The van der Waals surface area contributed by atoms with Crippen LogP contribution in [0.1, 0.15) is 11.1 Å². The van der Waals surface area contributed by atoms with E-state index in [1.807, 2.05) is 6.07 Å². The van der Waals surface area contributed by atoms with E-state index in [4.69, 9.17) is 23.7 Å². The maximum Gasteiger partial charge on any atom is 0.203 e. The summed E-state index contributed by atoms with van der Waals surface area (Å²) < 4.78 is 26.4. The summed E-state index contributed by atoms with van der Waals surface area (Å²) in [4.78, 5) is 12.2. The zero-order valence-corrected chi connectivity index (χ0v) is 16.6. The Morgan fingerprint density at radius 2 is 1.14 bits per heavy atom. The van der Waals surface area contributed by atoms with E-state index in [0.717, 1.165) is 11.1 Å². The second-order valence-corrected chi connectivity index (χ2v) is 5.64. The van der Waals surface area contributed by atoms with E-state index < -0.39 is 0 Å². The average molecular weight is 384 g/mol. The van der Waals surface area contributed by atoms with Gasteiger partial charge >= 0.3 is 0 Å². The van der Waals surface area contributed by atoms with Crippen molar-refractivity contribution in [1.29, 1.82) is 0 Å². The molecule has 2 rings (SSSR count). The van der Waals surface area contributed by atoms with Gasteiger partial charge in [-0.1, -0.05) is 18.2 Å². The van der Waals surface area contributed by atoms with Crippen molar-refractivity contribution in [2.45, 2.75) is 0 Å². The summed E-state index contributed by atoms with van der Waals surface area (Å²) in [6.45, 7) is 0. The number of benzene rings is 2. The Morgan fingerprint density at radius 1 is 0.643 bits per heavy atom. The van der Waals surface area contributed by atoms with E-state index in [2.05, 4.69) is 0 Å². The first-order chi connectivity index (χ1) is 13.6. The van der Waals surface area contributed by atoms with Gasteiger partial charge in [0.25, 0.3) is 0 Å². The standard InChI is InChI=1S/C22H24O6/c1-24-18-11-8-15(12-19(18)25-2)6-9-17(23)10-7-16-13-20(26-3)22(28-5)21(14-16)27-4/h6-14H,1-5H3/b9-6+,10-7+. The zero-order chi connectivity index (χ0) is 20.5. The Bertz CT molecular complexity index is 858. The molecule has 0 aromatic heterocycles. The van der Waals surface area contributed by atoms with Crippen molar-refractivity contribution in [3.8, 4) is 28.7 Å². The molecule has 0 saturated heterocycles. The minimum atomic E-state index is -0.163. The number of carbonyl (C=O) groups excluding carboxylic acids is 1. The molecule has 148 valence electrons. The Kier molecular flexibility index (Phi) is 7.51. The van der Waals surface area contributed by atoms with Gasteiger partial charge in [-0.2, -0.15) is 0 Å². The van der Waals surface area contributed by atoms with E-state index in [9.17, 15) is 4.79 Å². The molecule has 0 saturated carbocycles. The smallest absolute Gasteiger partial charge is 0.203 e. The number of rotatable bonds is 9. The molecule has 28 heavy (non-hydrogen) atoms. The van der Waals surface area contributed by atoms with Crippen LogP contribution in [0.15, 0.2) is 42.5 Å². The predicted octanol–water partition coefficient (Wildman–Crippen LogP) is 4.03. The topological polar surface area (TPSA) is 63.2 Å². The number of ether oxygens (including phenoxy) is 5. The molecule has 0 amide bonds. The van der Waals surface area contributed by atoms with Gasteiger partial charge in [0, 0.05) is 0 Å². The van der Waals surface area contributed by atoms with Crippen molar-refractivity contribution in [2.75, 3.05) is 35.5 Å². The third-order valence-corrected chi connectivity index (χ3v) is 3.97. The molecule has 0 atom stereocenters. The molecule has 0 aliphatic carbocycles. The Morgan fingerprint density at radius 3 is 1.64 bits per heavy atom. The number of hydrogen-bond donors (Lipinski definition) is 0. The maximum atomic E-state index is 12.2. The molecule has 0 spiro atoms. The minimum absolute atomic E-state index is 0.163. The number of carbonyl (C=O) groups is 1. The van der Waals surface area contributed by atoms with Crippen LogP contribution in [0.25, 0.3) is 12.2 Å². The first kappa shape index (κ1) is 20.9. The summed E-state index contributed by atoms with van der Waals surface area (Å²) in [5, 5.41) is 0. The van der Waals surface area contributed by atoms with Gasteiger partial charge in [0.15, 0.2) is 28.8 Å². The molecule has 0 aliphatic heterocycles. The molecular weight excluding hydrogens is 360 g/mol. The fourth-order valence-electron chi connectivity index (χ4n) is 2.57. The third kappa shape index (κ3) is 5.07. The molecule has 0 N–H and O–H groups in total. The largest absolute Gasteiger partial charge is 0.493 e. The van der Waals surface area contributed by atoms with Crippen molar-refractivity contribution in [3.63, 3.8) is 0 Å². The molecular formula is C22H24O6. The summed E-state index contributed by atoms with van der Waals surface area (Å²) in [7, 11) is 7.77. The second-order valence-electron chi connectivity index (χ2n) is 5.64. The fraction of sp³-hybridized carbons (Fsp3) is 0.227. The van der Waals surface area contributed by atoms with Crippen LogP contribution < -0.4 is 23.7 Å². The van der Waals surface area contributed by atoms with Crippen molar-refractivity contribution in [2.24, 2.45) is 0 Å². The van der Waals surface area contributed by atoms with Gasteiger partial charge in [-0.15, -0.1) is 0 Å². The highest BCUT2D eigenvalue weighted by atomic mass is 16.5. The van der Waals surface area contributed by atoms with Crippen LogP contribution in [0.2, 0.25) is 0 Å². The maximum absolute atomic E-state index is 12.2. The number of methoxy groups -OCH3 is 5. The third-order valence-electron chi connectivity index (χ3n) is 3.97. The fourth-order valence-corrected chi connectivity index (χ4v) is 2.57. The van der Waals surface area contributed by atoms with Crippen molar-refractivity contribution in [1.82, 2.24) is 0 Å². The monoisotopic (exact) mass is 384 g/mol. The lowest BCUT2D eigenvalue weighted by molar-refractivity contribution is -0.110. The van der Waals surface area contributed by atoms with E-state index >= 15 is 0 Å². The first-order valence-corrected chi connectivity index (χ1v) is 8.48. The van der Waals surface area contributed by atoms with E-state index in [0.29, 0.717) is 28.7 Å². The Hall–Kier alpha value is -3.41.